The van der Waals surface area contributed by atoms with Crippen LogP contribution < -0.4 is 5.32 Å². The fraction of sp³-hybridized carbons (Fsp3) is 0.900. The SMILES string of the molecule is CC.CC(=O)NC1CCCC1C. The third-order valence-corrected chi connectivity index (χ3v) is 2.25. The van der Waals surface area contributed by atoms with Crippen molar-refractivity contribution in [2.75, 3.05) is 0 Å². The second-order valence-electron chi connectivity index (χ2n) is 3.22. The number of carbonyl (C=O) groups is 1. The molecule has 1 saturated carbocycles. The molecule has 0 aromatic carbocycles. The molecule has 0 radical (unpaired) electrons. The summed E-state index contributed by atoms with van der Waals surface area (Å²) in [4.78, 5) is 10.6. The van der Waals surface area contributed by atoms with E-state index in [2.05, 4.69) is 12.2 Å². The molecule has 2 atom stereocenters. The normalized spacial score (nSPS) is 27.3. The fourth-order valence-corrected chi connectivity index (χ4v) is 1.62. The van der Waals surface area contributed by atoms with Crippen molar-refractivity contribution in [3.63, 3.8) is 0 Å². The minimum absolute atomic E-state index is 0.110. The second-order valence-corrected chi connectivity index (χ2v) is 3.22. The van der Waals surface area contributed by atoms with Gasteiger partial charge in [-0.2, -0.15) is 0 Å². The molecular formula is C10H21NO. The highest BCUT2D eigenvalue weighted by Crippen LogP contribution is 2.24. The van der Waals surface area contributed by atoms with Gasteiger partial charge in [-0.15, -0.1) is 0 Å². The smallest absolute Gasteiger partial charge is 0.217 e. The molecule has 0 spiro atoms. The van der Waals surface area contributed by atoms with E-state index in [-0.39, 0.29) is 5.91 Å². The number of amides is 1. The number of carbonyl (C=O) groups excluding carboxylic acids is 1. The lowest BCUT2D eigenvalue weighted by Crippen LogP contribution is -2.34. The molecule has 0 aromatic rings. The molecule has 1 aliphatic rings. The first-order valence-electron chi connectivity index (χ1n) is 4.97. The van der Waals surface area contributed by atoms with Crippen LogP contribution in [0.25, 0.3) is 0 Å². The van der Waals surface area contributed by atoms with Gasteiger partial charge in [-0.05, 0) is 18.8 Å². The van der Waals surface area contributed by atoms with Gasteiger partial charge in [-0.25, -0.2) is 0 Å². The average molecular weight is 171 g/mol. The summed E-state index contributed by atoms with van der Waals surface area (Å²) in [7, 11) is 0. The lowest BCUT2D eigenvalue weighted by atomic mass is 10.1. The van der Waals surface area contributed by atoms with Crippen LogP contribution in [-0.2, 0) is 4.79 Å². The third kappa shape index (κ3) is 3.74. The van der Waals surface area contributed by atoms with Gasteiger partial charge in [0, 0.05) is 13.0 Å². The largest absolute Gasteiger partial charge is 0.353 e. The molecule has 2 nitrogen and oxygen atoms in total. The minimum atomic E-state index is 0.110. The van der Waals surface area contributed by atoms with E-state index < -0.39 is 0 Å². The monoisotopic (exact) mass is 171 g/mol. The number of nitrogens with one attached hydrogen (secondary N) is 1. The van der Waals surface area contributed by atoms with Crippen LogP contribution in [0.1, 0.15) is 47.0 Å². The van der Waals surface area contributed by atoms with Crippen LogP contribution in [-0.4, -0.2) is 11.9 Å². The lowest BCUT2D eigenvalue weighted by Gasteiger charge is -2.15. The van der Waals surface area contributed by atoms with Crippen LogP contribution in [0.15, 0.2) is 0 Å². The zero-order valence-electron chi connectivity index (χ0n) is 8.68. The highest BCUT2D eigenvalue weighted by atomic mass is 16.1. The predicted molar refractivity (Wildman–Crippen MR) is 52.0 cm³/mol. The van der Waals surface area contributed by atoms with Crippen molar-refractivity contribution in [3.05, 3.63) is 0 Å². The molecular weight excluding hydrogens is 150 g/mol. The Hall–Kier alpha value is -0.530. The first kappa shape index (κ1) is 11.5. The summed E-state index contributed by atoms with van der Waals surface area (Å²) in [5.74, 6) is 0.794. The molecule has 1 amide bonds. The molecule has 72 valence electrons. The van der Waals surface area contributed by atoms with Crippen molar-refractivity contribution in [1.82, 2.24) is 5.32 Å². The first-order chi connectivity index (χ1) is 5.70. The molecule has 1 fully saturated rings. The number of rotatable bonds is 1. The van der Waals surface area contributed by atoms with Crippen LogP contribution in [0.3, 0.4) is 0 Å². The maximum atomic E-state index is 10.6. The van der Waals surface area contributed by atoms with Crippen molar-refractivity contribution in [1.29, 1.82) is 0 Å². The highest BCUT2D eigenvalue weighted by Gasteiger charge is 2.23. The predicted octanol–water partition coefficient (Wildman–Crippen LogP) is 2.34. The summed E-state index contributed by atoms with van der Waals surface area (Å²) in [5.41, 5.74) is 0. The first-order valence-corrected chi connectivity index (χ1v) is 4.97. The van der Waals surface area contributed by atoms with E-state index in [9.17, 15) is 4.79 Å². The standard InChI is InChI=1S/C8H15NO.C2H6/c1-6-4-3-5-8(6)9-7(2)10;1-2/h6,8H,3-5H2,1-2H3,(H,9,10);1-2H3. The van der Waals surface area contributed by atoms with Gasteiger partial charge >= 0.3 is 0 Å². The summed E-state index contributed by atoms with van der Waals surface area (Å²) in [6.07, 6.45) is 3.71. The van der Waals surface area contributed by atoms with E-state index in [1.807, 2.05) is 13.8 Å². The Kier molecular flexibility index (Phi) is 5.77. The second kappa shape index (κ2) is 6.04. The maximum absolute atomic E-state index is 10.6. The Morgan fingerprint density at radius 3 is 2.25 bits per heavy atom. The Morgan fingerprint density at radius 2 is 1.92 bits per heavy atom. The zero-order chi connectivity index (χ0) is 9.56. The molecule has 12 heavy (non-hydrogen) atoms. The Bertz CT molecular complexity index is 134. The lowest BCUT2D eigenvalue weighted by molar-refractivity contribution is -0.119. The molecule has 2 heteroatoms. The van der Waals surface area contributed by atoms with Gasteiger partial charge < -0.3 is 5.32 Å². The summed E-state index contributed by atoms with van der Waals surface area (Å²) < 4.78 is 0. The maximum Gasteiger partial charge on any atom is 0.217 e. The molecule has 1 N–H and O–H groups in total. The van der Waals surface area contributed by atoms with Gasteiger partial charge in [0.2, 0.25) is 5.91 Å². The van der Waals surface area contributed by atoms with Crippen LogP contribution in [0.4, 0.5) is 0 Å². The number of hydrogen-bond donors (Lipinski definition) is 1. The molecule has 0 bridgehead atoms. The van der Waals surface area contributed by atoms with Crippen LogP contribution >= 0.6 is 0 Å². The summed E-state index contributed by atoms with van der Waals surface area (Å²) >= 11 is 0. The number of hydrogen-bond acceptors (Lipinski definition) is 1. The van der Waals surface area contributed by atoms with Gasteiger partial charge in [-0.1, -0.05) is 27.2 Å². The summed E-state index contributed by atoms with van der Waals surface area (Å²) in [6, 6.07) is 0.456. The Balaban J connectivity index is 0.000000561. The van der Waals surface area contributed by atoms with Crippen molar-refractivity contribution in [2.45, 2.75) is 53.0 Å². The summed E-state index contributed by atoms with van der Waals surface area (Å²) in [6.45, 7) is 7.79. The van der Waals surface area contributed by atoms with E-state index in [0.717, 1.165) is 0 Å². The van der Waals surface area contributed by atoms with Crippen LogP contribution in [0.5, 0.6) is 0 Å². The zero-order valence-corrected chi connectivity index (χ0v) is 8.68. The van der Waals surface area contributed by atoms with E-state index in [0.29, 0.717) is 12.0 Å². The average Bonchev–Trinajstić information content (AvgIpc) is 2.40. The minimum Gasteiger partial charge on any atom is -0.353 e. The van der Waals surface area contributed by atoms with Gasteiger partial charge in [0.1, 0.15) is 0 Å². The van der Waals surface area contributed by atoms with Gasteiger partial charge in [0.25, 0.3) is 0 Å². The molecule has 1 rings (SSSR count). The third-order valence-electron chi connectivity index (χ3n) is 2.25. The molecule has 2 unspecified atom stereocenters. The van der Waals surface area contributed by atoms with Gasteiger partial charge in [0.05, 0.1) is 0 Å². The quantitative estimate of drug-likeness (QED) is 0.644. The van der Waals surface area contributed by atoms with Crippen molar-refractivity contribution >= 4 is 5.91 Å². The molecule has 1 aliphatic carbocycles. The fourth-order valence-electron chi connectivity index (χ4n) is 1.62. The van der Waals surface area contributed by atoms with Gasteiger partial charge in [-0.3, -0.25) is 4.79 Å². The van der Waals surface area contributed by atoms with Gasteiger partial charge in [0.15, 0.2) is 0 Å². The van der Waals surface area contributed by atoms with E-state index in [4.69, 9.17) is 0 Å². The van der Waals surface area contributed by atoms with E-state index in [1.54, 1.807) is 6.92 Å². The van der Waals surface area contributed by atoms with Crippen molar-refractivity contribution in [3.8, 4) is 0 Å². The molecule has 0 heterocycles. The van der Waals surface area contributed by atoms with Crippen LogP contribution in [0.2, 0.25) is 0 Å². The Morgan fingerprint density at radius 1 is 1.33 bits per heavy atom. The molecule has 0 aromatic heterocycles. The van der Waals surface area contributed by atoms with E-state index >= 15 is 0 Å². The highest BCUT2D eigenvalue weighted by molar-refractivity contribution is 5.73. The molecule has 0 saturated heterocycles. The topological polar surface area (TPSA) is 29.1 Å². The summed E-state index contributed by atoms with van der Waals surface area (Å²) in [5, 5.41) is 2.95. The van der Waals surface area contributed by atoms with Crippen molar-refractivity contribution in [2.24, 2.45) is 5.92 Å². The molecule has 0 aliphatic heterocycles. The van der Waals surface area contributed by atoms with Crippen LogP contribution in [0, 0.1) is 5.92 Å². The van der Waals surface area contributed by atoms with Crippen molar-refractivity contribution < 1.29 is 4.79 Å². The van der Waals surface area contributed by atoms with E-state index in [1.165, 1.54) is 19.3 Å². The Labute approximate surface area is 75.7 Å².